The Labute approximate surface area is 180 Å². The lowest BCUT2D eigenvalue weighted by Gasteiger charge is -2.19. The fourth-order valence-electron chi connectivity index (χ4n) is 3.11. The number of nitrogens with zero attached hydrogens (tertiary/aromatic N) is 3. The Morgan fingerprint density at radius 3 is 2.25 bits per heavy atom. The zero-order valence-corrected chi connectivity index (χ0v) is 18.5. The SMILES string of the molecule is CC(C)(C)c1ccc(-c2nnc(SC[C@H]3CC3(Cl)Cl)n2-c2ccccc2)cc1. The maximum atomic E-state index is 6.19. The fourth-order valence-corrected chi connectivity index (χ4v) is 4.99. The second-order valence-corrected chi connectivity index (χ2v) is 10.8. The van der Waals surface area contributed by atoms with E-state index in [1.165, 1.54) is 5.56 Å². The summed E-state index contributed by atoms with van der Waals surface area (Å²) in [4.78, 5) is 0. The van der Waals surface area contributed by atoms with E-state index in [-0.39, 0.29) is 5.41 Å². The molecule has 28 heavy (non-hydrogen) atoms. The van der Waals surface area contributed by atoms with Crippen LogP contribution in [-0.2, 0) is 5.41 Å². The van der Waals surface area contributed by atoms with E-state index in [0.29, 0.717) is 5.92 Å². The highest BCUT2D eigenvalue weighted by atomic mass is 35.5. The Morgan fingerprint density at radius 1 is 1.04 bits per heavy atom. The first-order valence-electron chi connectivity index (χ1n) is 9.38. The van der Waals surface area contributed by atoms with E-state index in [1.807, 2.05) is 18.2 Å². The molecule has 1 fully saturated rings. The summed E-state index contributed by atoms with van der Waals surface area (Å²) in [5, 5.41) is 9.85. The van der Waals surface area contributed by atoms with Crippen molar-refractivity contribution in [3.05, 3.63) is 60.2 Å². The van der Waals surface area contributed by atoms with Crippen LogP contribution in [0, 0.1) is 5.92 Å². The molecular formula is C22H23Cl2N3S. The van der Waals surface area contributed by atoms with Gasteiger partial charge in [0.25, 0.3) is 0 Å². The van der Waals surface area contributed by atoms with Gasteiger partial charge in [-0.25, -0.2) is 0 Å². The largest absolute Gasteiger partial charge is 0.270 e. The molecule has 6 heteroatoms. The molecule has 1 atom stereocenters. The van der Waals surface area contributed by atoms with Gasteiger partial charge in [0.05, 0.1) is 0 Å². The molecule has 0 N–H and O–H groups in total. The Morgan fingerprint density at radius 2 is 1.68 bits per heavy atom. The summed E-state index contributed by atoms with van der Waals surface area (Å²) >= 11 is 14.0. The van der Waals surface area contributed by atoms with Crippen LogP contribution in [0.25, 0.3) is 17.1 Å². The molecule has 146 valence electrons. The zero-order chi connectivity index (χ0) is 19.9. The quantitative estimate of drug-likeness (QED) is 0.340. The fraction of sp³-hybridized carbons (Fsp3) is 0.364. The summed E-state index contributed by atoms with van der Waals surface area (Å²) < 4.78 is 1.54. The molecule has 0 radical (unpaired) electrons. The van der Waals surface area contributed by atoms with Gasteiger partial charge in [0.2, 0.25) is 0 Å². The summed E-state index contributed by atoms with van der Waals surface area (Å²) in [7, 11) is 0. The molecule has 1 aliphatic rings. The molecule has 0 bridgehead atoms. The van der Waals surface area contributed by atoms with Crippen LogP contribution >= 0.6 is 35.0 Å². The molecule has 0 aliphatic heterocycles. The third-order valence-electron chi connectivity index (χ3n) is 5.03. The molecule has 3 aromatic rings. The number of para-hydroxylation sites is 1. The first-order valence-corrected chi connectivity index (χ1v) is 11.1. The monoisotopic (exact) mass is 431 g/mol. The number of hydrogen-bond acceptors (Lipinski definition) is 3. The molecule has 1 heterocycles. The summed E-state index contributed by atoms with van der Waals surface area (Å²) in [6.45, 7) is 6.65. The van der Waals surface area contributed by atoms with Gasteiger partial charge in [0.1, 0.15) is 4.33 Å². The molecule has 0 amide bonds. The predicted octanol–water partition coefficient (Wildman–Crippen LogP) is 6.52. The van der Waals surface area contributed by atoms with Crippen LogP contribution < -0.4 is 0 Å². The van der Waals surface area contributed by atoms with E-state index in [9.17, 15) is 0 Å². The van der Waals surface area contributed by atoms with Crippen molar-refractivity contribution < 1.29 is 0 Å². The van der Waals surface area contributed by atoms with E-state index in [4.69, 9.17) is 23.2 Å². The molecule has 4 rings (SSSR count). The van der Waals surface area contributed by atoms with Crippen LogP contribution in [0.1, 0.15) is 32.8 Å². The number of alkyl halides is 2. The molecule has 0 saturated heterocycles. The lowest BCUT2D eigenvalue weighted by atomic mass is 9.87. The summed E-state index contributed by atoms with van der Waals surface area (Å²) in [6, 6.07) is 18.8. The Bertz CT molecular complexity index is 960. The summed E-state index contributed by atoms with van der Waals surface area (Å²) in [6.07, 6.45) is 0.837. The number of halogens is 2. The van der Waals surface area contributed by atoms with Crippen LogP contribution in [0.3, 0.4) is 0 Å². The minimum Gasteiger partial charge on any atom is -0.270 e. The first-order chi connectivity index (χ1) is 13.3. The van der Waals surface area contributed by atoms with Crippen molar-refractivity contribution in [3.63, 3.8) is 0 Å². The number of benzene rings is 2. The van der Waals surface area contributed by atoms with Crippen molar-refractivity contribution in [1.29, 1.82) is 0 Å². The number of hydrogen-bond donors (Lipinski definition) is 0. The topological polar surface area (TPSA) is 30.7 Å². The van der Waals surface area contributed by atoms with Crippen molar-refractivity contribution in [2.45, 2.75) is 42.1 Å². The highest BCUT2D eigenvalue weighted by Gasteiger charge is 2.51. The number of rotatable bonds is 5. The van der Waals surface area contributed by atoms with Gasteiger partial charge in [-0.05, 0) is 29.5 Å². The van der Waals surface area contributed by atoms with Gasteiger partial charge in [-0.3, -0.25) is 4.57 Å². The standard InChI is InChI=1S/C22H23Cl2N3S/c1-21(2,3)16-11-9-15(10-12-16)19-25-26-20(28-14-17-13-22(17,23)24)27(19)18-7-5-4-6-8-18/h4-12,17H,13-14H2,1-3H3/t17-/m1/s1. The van der Waals surface area contributed by atoms with E-state index >= 15 is 0 Å². The Balaban J connectivity index is 1.69. The second kappa shape index (κ2) is 7.40. The summed E-state index contributed by atoms with van der Waals surface area (Å²) in [5.74, 6) is 1.98. The van der Waals surface area contributed by atoms with Crippen molar-refractivity contribution in [2.24, 2.45) is 5.92 Å². The van der Waals surface area contributed by atoms with Gasteiger partial charge in [-0.2, -0.15) is 0 Å². The lowest BCUT2D eigenvalue weighted by molar-refractivity contribution is 0.590. The van der Waals surface area contributed by atoms with E-state index < -0.39 is 4.33 Å². The maximum Gasteiger partial charge on any atom is 0.196 e. The van der Waals surface area contributed by atoms with Crippen LogP contribution in [0.2, 0.25) is 0 Å². The predicted molar refractivity (Wildman–Crippen MR) is 119 cm³/mol. The van der Waals surface area contributed by atoms with Crippen LogP contribution in [-0.4, -0.2) is 24.9 Å². The molecule has 3 nitrogen and oxygen atoms in total. The Kier molecular flexibility index (Phi) is 5.24. The van der Waals surface area contributed by atoms with Crippen molar-refractivity contribution >= 4 is 35.0 Å². The first kappa shape index (κ1) is 19.8. The summed E-state index contributed by atoms with van der Waals surface area (Å²) in [5.41, 5.74) is 3.51. The van der Waals surface area contributed by atoms with E-state index in [2.05, 4.69) is 71.9 Å². The molecule has 0 spiro atoms. The normalized spacial score (nSPS) is 18.2. The van der Waals surface area contributed by atoms with Crippen LogP contribution in [0.5, 0.6) is 0 Å². The van der Waals surface area contributed by atoms with E-state index in [0.717, 1.165) is 34.4 Å². The average molecular weight is 432 g/mol. The minimum absolute atomic E-state index is 0.118. The van der Waals surface area contributed by atoms with Crippen molar-refractivity contribution in [3.8, 4) is 17.1 Å². The third-order valence-corrected chi connectivity index (χ3v) is 7.04. The van der Waals surface area contributed by atoms with Gasteiger partial charge in [-0.1, -0.05) is 75.0 Å². The van der Waals surface area contributed by atoms with Gasteiger partial charge < -0.3 is 0 Å². The van der Waals surface area contributed by atoms with Gasteiger partial charge in [-0.15, -0.1) is 33.4 Å². The maximum absolute atomic E-state index is 6.19. The number of thioether (sulfide) groups is 1. The smallest absolute Gasteiger partial charge is 0.196 e. The minimum atomic E-state index is -0.573. The highest BCUT2D eigenvalue weighted by Crippen LogP contribution is 2.54. The van der Waals surface area contributed by atoms with Crippen LogP contribution in [0.15, 0.2) is 59.8 Å². The molecule has 0 unspecified atom stereocenters. The molecular weight excluding hydrogens is 409 g/mol. The second-order valence-electron chi connectivity index (χ2n) is 8.28. The lowest BCUT2D eigenvalue weighted by Crippen LogP contribution is -2.10. The van der Waals surface area contributed by atoms with Gasteiger partial charge in [0.15, 0.2) is 11.0 Å². The van der Waals surface area contributed by atoms with Gasteiger partial charge in [0, 0.05) is 22.9 Å². The third kappa shape index (κ3) is 4.10. The molecule has 2 aromatic carbocycles. The van der Waals surface area contributed by atoms with Crippen LogP contribution in [0.4, 0.5) is 0 Å². The average Bonchev–Trinajstić information content (AvgIpc) is 3.09. The highest BCUT2D eigenvalue weighted by molar-refractivity contribution is 7.99. The van der Waals surface area contributed by atoms with Crippen molar-refractivity contribution in [2.75, 3.05) is 5.75 Å². The number of aromatic nitrogens is 3. The molecule has 1 aliphatic carbocycles. The van der Waals surface area contributed by atoms with Crippen molar-refractivity contribution in [1.82, 2.24) is 14.8 Å². The molecule has 1 saturated carbocycles. The molecule has 1 aromatic heterocycles. The zero-order valence-electron chi connectivity index (χ0n) is 16.2. The Hall–Kier alpha value is -1.49. The van der Waals surface area contributed by atoms with Gasteiger partial charge >= 0.3 is 0 Å². The van der Waals surface area contributed by atoms with E-state index in [1.54, 1.807) is 11.8 Å².